The molecule has 3 rings (SSSR count). The lowest BCUT2D eigenvalue weighted by atomic mass is 10.0. The van der Waals surface area contributed by atoms with Gasteiger partial charge < -0.3 is 14.8 Å². The third-order valence-corrected chi connectivity index (χ3v) is 5.20. The van der Waals surface area contributed by atoms with Crippen molar-refractivity contribution in [1.29, 1.82) is 5.26 Å². The molecule has 1 fully saturated rings. The highest BCUT2D eigenvalue weighted by Crippen LogP contribution is 2.38. The van der Waals surface area contributed by atoms with E-state index in [0.717, 1.165) is 36.4 Å². The number of carbonyl (C=O) groups excluding carboxylic acids is 1. The highest BCUT2D eigenvalue weighted by Gasteiger charge is 2.30. The number of hydrogen-bond donors (Lipinski definition) is 1. The van der Waals surface area contributed by atoms with Crippen molar-refractivity contribution in [1.82, 2.24) is 4.90 Å². The molecule has 146 valence electrons. The maximum Gasteiger partial charge on any atom is 0.238 e. The van der Waals surface area contributed by atoms with Crippen molar-refractivity contribution in [2.24, 2.45) is 0 Å². The van der Waals surface area contributed by atoms with E-state index in [1.165, 1.54) is 0 Å². The molecule has 0 aliphatic carbocycles. The first kappa shape index (κ1) is 20.0. The molecule has 0 bridgehead atoms. The van der Waals surface area contributed by atoms with Gasteiger partial charge in [0.25, 0.3) is 0 Å². The predicted octanol–water partition coefficient (Wildman–Crippen LogP) is 4.00. The summed E-state index contributed by atoms with van der Waals surface area (Å²) in [5.41, 5.74) is 2.01. The second-order valence-corrected chi connectivity index (χ2v) is 7.00. The van der Waals surface area contributed by atoms with Gasteiger partial charge >= 0.3 is 0 Å². The fourth-order valence-corrected chi connectivity index (χ4v) is 3.75. The van der Waals surface area contributed by atoms with Gasteiger partial charge in [-0.1, -0.05) is 17.7 Å². The van der Waals surface area contributed by atoms with Crippen molar-refractivity contribution in [3.63, 3.8) is 0 Å². The molecule has 0 radical (unpaired) electrons. The Labute approximate surface area is 169 Å². The monoisotopic (exact) mass is 399 g/mol. The summed E-state index contributed by atoms with van der Waals surface area (Å²) in [5, 5.41) is 12.1. The minimum absolute atomic E-state index is 0.108. The van der Waals surface area contributed by atoms with Crippen LogP contribution in [-0.2, 0) is 4.79 Å². The lowest BCUT2D eigenvalue weighted by Crippen LogP contribution is -2.33. The Morgan fingerprint density at radius 3 is 2.79 bits per heavy atom. The van der Waals surface area contributed by atoms with Gasteiger partial charge in [0.1, 0.15) is 17.6 Å². The molecule has 0 saturated carbocycles. The van der Waals surface area contributed by atoms with Gasteiger partial charge in [0.15, 0.2) is 0 Å². The van der Waals surface area contributed by atoms with Crippen molar-refractivity contribution in [3.05, 3.63) is 52.5 Å². The number of nitrogens with one attached hydrogen (secondary N) is 1. The number of ether oxygens (including phenoxy) is 2. The summed E-state index contributed by atoms with van der Waals surface area (Å²) in [4.78, 5) is 14.7. The first-order valence-corrected chi connectivity index (χ1v) is 9.39. The minimum atomic E-state index is -0.125. The lowest BCUT2D eigenvalue weighted by molar-refractivity contribution is -0.117. The van der Waals surface area contributed by atoms with E-state index < -0.39 is 0 Å². The molecule has 6 nitrogen and oxygen atoms in total. The standard InChI is InChI=1S/C21H22ClN3O3/c1-27-16-7-8-17(20(11-16)28-2)19-4-3-9-25(19)13-21(26)24-15-6-5-14(12-23)18(22)10-15/h5-8,10-11,19H,3-4,9,13H2,1-2H3,(H,24,26)/t19-/m1/s1. The Bertz CT molecular complexity index is 910. The summed E-state index contributed by atoms with van der Waals surface area (Å²) in [6.07, 6.45) is 1.97. The topological polar surface area (TPSA) is 74.6 Å². The van der Waals surface area contributed by atoms with Gasteiger partial charge in [-0.25, -0.2) is 0 Å². The smallest absolute Gasteiger partial charge is 0.238 e. The van der Waals surface area contributed by atoms with Crippen molar-refractivity contribution in [2.75, 3.05) is 32.6 Å². The molecule has 2 aromatic rings. The zero-order chi connectivity index (χ0) is 20.1. The molecule has 28 heavy (non-hydrogen) atoms. The summed E-state index contributed by atoms with van der Waals surface area (Å²) in [5.74, 6) is 1.37. The second-order valence-electron chi connectivity index (χ2n) is 6.59. The molecule has 1 aliphatic rings. The molecule has 1 aliphatic heterocycles. The van der Waals surface area contributed by atoms with Crippen LogP contribution >= 0.6 is 11.6 Å². The van der Waals surface area contributed by atoms with Gasteiger partial charge in [0, 0.05) is 23.4 Å². The maximum atomic E-state index is 12.6. The summed E-state index contributed by atoms with van der Waals surface area (Å²) >= 11 is 6.04. The van der Waals surface area contributed by atoms with Gasteiger partial charge in [0.05, 0.1) is 31.4 Å². The van der Waals surface area contributed by atoms with Crippen molar-refractivity contribution in [3.8, 4) is 17.6 Å². The summed E-state index contributed by atoms with van der Waals surface area (Å²) in [6.45, 7) is 1.10. The highest BCUT2D eigenvalue weighted by atomic mass is 35.5. The molecule has 1 amide bonds. The molecule has 0 aromatic heterocycles. The van der Waals surface area contributed by atoms with Crippen molar-refractivity contribution < 1.29 is 14.3 Å². The normalized spacial score (nSPS) is 16.4. The Hall–Kier alpha value is -2.75. The number of hydrogen-bond acceptors (Lipinski definition) is 5. The average Bonchev–Trinajstić information content (AvgIpc) is 3.15. The van der Waals surface area contributed by atoms with E-state index in [4.69, 9.17) is 26.3 Å². The van der Waals surface area contributed by atoms with Gasteiger partial charge in [-0.15, -0.1) is 0 Å². The van der Waals surface area contributed by atoms with Crippen LogP contribution in [-0.4, -0.2) is 38.1 Å². The largest absolute Gasteiger partial charge is 0.497 e. The number of nitriles is 1. The fraction of sp³-hybridized carbons (Fsp3) is 0.333. The molecule has 1 saturated heterocycles. The number of nitrogens with zero attached hydrogens (tertiary/aromatic N) is 2. The number of anilines is 1. The van der Waals surface area contributed by atoms with E-state index in [-0.39, 0.29) is 18.5 Å². The fourth-order valence-electron chi connectivity index (χ4n) is 3.53. The molecule has 0 spiro atoms. The number of benzene rings is 2. The third kappa shape index (κ3) is 4.38. The van der Waals surface area contributed by atoms with Crippen LogP contribution in [0.4, 0.5) is 5.69 Å². The molecule has 7 heteroatoms. The molecular formula is C21H22ClN3O3. The Morgan fingerprint density at radius 2 is 2.11 bits per heavy atom. The lowest BCUT2D eigenvalue weighted by Gasteiger charge is -2.26. The van der Waals surface area contributed by atoms with Crippen LogP contribution in [0.3, 0.4) is 0 Å². The van der Waals surface area contributed by atoms with Crippen LogP contribution in [0.2, 0.25) is 5.02 Å². The zero-order valence-corrected chi connectivity index (χ0v) is 16.6. The zero-order valence-electron chi connectivity index (χ0n) is 15.9. The Morgan fingerprint density at radius 1 is 1.29 bits per heavy atom. The summed E-state index contributed by atoms with van der Waals surface area (Å²) in [6, 6.07) is 12.7. The molecule has 2 aromatic carbocycles. The predicted molar refractivity (Wildman–Crippen MR) is 108 cm³/mol. The van der Waals surface area contributed by atoms with Gasteiger partial charge in [-0.3, -0.25) is 9.69 Å². The van der Waals surface area contributed by atoms with E-state index >= 15 is 0 Å². The van der Waals surface area contributed by atoms with Crippen molar-refractivity contribution in [2.45, 2.75) is 18.9 Å². The van der Waals surface area contributed by atoms with E-state index in [1.54, 1.807) is 32.4 Å². The quantitative estimate of drug-likeness (QED) is 0.794. The first-order valence-electron chi connectivity index (χ1n) is 9.01. The Kier molecular flexibility index (Phi) is 6.40. The maximum absolute atomic E-state index is 12.6. The number of halogens is 1. The number of likely N-dealkylation sites (tertiary alicyclic amines) is 1. The van der Waals surface area contributed by atoms with Gasteiger partial charge in [0.2, 0.25) is 5.91 Å². The molecule has 1 N–H and O–H groups in total. The number of carbonyl (C=O) groups is 1. The van der Waals surface area contributed by atoms with Crippen LogP contribution in [0, 0.1) is 11.3 Å². The van der Waals surface area contributed by atoms with Gasteiger partial charge in [-0.2, -0.15) is 5.26 Å². The SMILES string of the molecule is COc1ccc([C@H]2CCCN2CC(=O)Nc2ccc(C#N)c(Cl)c2)c(OC)c1. The number of amides is 1. The van der Waals surface area contributed by atoms with E-state index in [9.17, 15) is 4.79 Å². The average molecular weight is 400 g/mol. The summed E-state index contributed by atoms with van der Waals surface area (Å²) in [7, 11) is 3.26. The van der Waals surface area contributed by atoms with Gasteiger partial charge in [-0.05, 0) is 43.7 Å². The highest BCUT2D eigenvalue weighted by molar-refractivity contribution is 6.32. The van der Waals surface area contributed by atoms with Crippen LogP contribution in [0.15, 0.2) is 36.4 Å². The molecule has 0 unspecified atom stereocenters. The minimum Gasteiger partial charge on any atom is -0.497 e. The number of methoxy groups -OCH3 is 2. The van der Waals surface area contributed by atoms with E-state index in [0.29, 0.717) is 16.3 Å². The van der Waals surface area contributed by atoms with E-state index in [1.807, 2.05) is 24.3 Å². The van der Waals surface area contributed by atoms with Crippen LogP contribution in [0.25, 0.3) is 0 Å². The molecule has 1 heterocycles. The van der Waals surface area contributed by atoms with Crippen LogP contribution in [0.5, 0.6) is 11.5 Å². The Balaban J connectivity index is 1.71. The molecular weight excluding hydrogens is 378 g/mol. The number of rotatable bonds is 6. The van der Waals surface area contributed by atoms with E-state index in [2.05, 4.69) is 10.2 Å². The summed E-state index contributed by atoms with van der Waals surface area (Å²) < 4.78 is 10.8. The third-order valence-electron chi connectivity index (χ3n) is 4.88. The molecule has 1 atom stereocenters. The van der Waals surface area contributed by atoms with Crippen LogP contribution in [0.1, 0.15) is 30.0 Å². The first-order chi connectivity index (χ1) is 13.5. The van der Waals surface area contributed by atoms with Crippen molar-refractivity contribution >= 4 is 23.2 Å². The second kappa shape index (κ2) is 8.96. The van der Waals surface area contributed by atoms with Crippen LogP contribution < -0.4 is 14.8 Å².